The Morgan fingerprint density at radius 3 is 2.56 bits per heavy atom. The van der Waals surface area contributed by atoms with E-state index in [0.29, 0.717) is 14.9 Å². The second-order valence-corrected chi connectivity index (χ2v) is 7.78. The minimum atomic E-state index is -0.778. The van der Waals surface area contributed by atoms with Crippen LogP contribution in [0.5, 0.6) is 17.2 Å². The van der Waals surface area contributed by atoms with E-state index in [-0.39, 0.29) is 23.2 Å². The molecule has 0 atom stereocenters. The molecule has 0 aliphatic rings. The van der Waals surface area contributed by atoms with Crippen molar-refractivity contribution in [1.82, 2.24) is 5.43 Å². The third-order valence-electron chi connectivity index (χ3n) is 3.94. The second kappa shape index (κ2) is 9.98. The molecular weight excluding hydrogens is 508 g/mol. The molecule has 0 unspecified atom stereocenters. The minimum Gasteiger partial charge on any atom is -0.493 e. The van der Waals surface area contributed by atoms with Crippen molar-refractivity contribution in [1.29, 1.82) is 0 Å². The van der Waals surface area contributed by atoms with Crippen molar-refractivity contribution < 1.29 is 24.1 Å². The number of carbonyl (C=O) groups excluding carboxylic acids is 1. The van der Waals surface area contributed by atoms with Gasteiger partial charge in [0.15, 0.2) is 11.5 Å². The quantitative estimate of drug-likeness (QED) is 0.252. The lowest BCUT2D eigenvalue weighted by molar-refractivity contribution is -0.394. The van der Waals surface area contributed by atoms with Gasteiger partial charge >= 0.3 is 5.69 Å². The Bertz CT molecular complexity index is 1210. The van der Waals surface area contributed by atoms with E-state index >= 15 is 0 Å². The van der Waals surface area contributed by atoms with Gasteiger partial charge < -0.3 is 9.47 Å². The Balaban J connectivity index is 1.86. The highest BCUT2D eigenvalue weighted by Crippen LogP contribution is 2.42. The summed E-state index contributed by atoms with van der Waals surface area (Å²) >= 11 is 4.60. The zero-order chi connectivity index (χ0) is 23.3. The summed E-state index contributed by atoms with van der Waals surface area (Å²) in [4.78, 5) is 33.2. The van der Waals surface area contributed by atoms with Gasteiger partial charge in [0.2, 0.25) is 5.75 Å². The number of methoxy groups -OCH3 is 1. The predicted octanol–water partition coefficient (Wildman–Crippen LogP) is 4.89. The lowest BCUT2D eigenvalue weighted by atomic mass is 10.2. The first-order valence-electron chi connectivity index (χ1n) is 8.65. The monoisotopic (exact) mass is 520 g/mol. The summed E-state index contributed by atoms with van der Waals surface area (Å²) < 4.78 is 11.3. The fourth-order valence-electron chi connectivity index (χ4n) is 2.50. The summed E-state index contributed by atoms with van der Waals surface area (Å²) in [5, 5.41) is 27.9. The minimum absolute atomic E-state index is 0.115. The Labute approximate surface area is 192 Å². The molecule has 13 heteroatoms. The number of amides is 1. The molecule has 1 aromatic heterocycles. The van der Waals surface area contributed by atoms with Crippen molar-refractivity contribution >= 4 is 50.8 Å². The first kappa shape index (κ1) is 22.8. The summed E-state index contributed by atoms with van der Waals surface area (Å²) in [7, 11) is 1.37. The number of thiophene rings is 1. The number of nitrogens with one attached hydrogen (secondary N) is 1. The number of hydrogen-bond donors (Lipinski definition) is 1. The Kier molecular flexibility index (Phi) is 7.12. The lowest BCUT2D eigenvalue weighted by Crippen LogP contribution is -2.16. The summed E-state index contributed by atoms with van der Waals surface area (Å²) in [5.74, 6) is -0.237. The van der Waals surface area contributed by atoms with E-state index in [1.807, 2.05) is 0 Å². The van der Waals surface area contributed by atoms with E-state index < -0.39 is 21.2 Å². The molecule has 0 saturated heterocycles. The normalized spacial score (nSPS) is 10.7. The number of non-ortho nitro benzene ring substituents is 1. The van der Waals surface area contributed by atoms with Crippen molar-refractivity contribution in [3.05, 3.63) is 83.0 Å². The summed E-state index contributed by atoms with van der Waals surface area (Å²) in [6, 6.07) is 9.59. The van der Waals surface area contributed by atoms with Crippen LogP contribution < -0.4 is 14.9 Å². The van der Waals surface area contributed by atoms with Gasteiger partial charge in [-0.25, -0.2) is 5.43 Å². The molecule has 11 nitrogen and oxygen atoms in total. The van der Waals surface area contributed by atoms with E-state index in [2.05, 4.69) is 26.5 Å². The maximum Gasteiger partial charge on any atom is 0.318 e. The van der Waals surface area contributed by atoms with Gasteiger partial charge in [0, 0.05) is 6.07 Å². The number of hydrazone groups is 1. The molecule has 0 spiro atoms. The maximum absolute atomic E-state index is 11.9. The third kappa shape index (κ3) is 5.25. The molecule has 1 N–H and O–H groups in total. The van der Waals surface area contributed by atoms with Crippen LogP contribution in [0.15, 0.2) is 57.4 Å². The summed E-state index contributed by atoms with van der Waals surface area (Å²) in [5.41, 5.74) is 1.92. The van der Waals surface area contributed by atoms with Gasteiger partial charge in [-0.1, -0.05) is 6.07 Å². The number of rotatable bonds is 8. The van der Waals surface area contributed by atoms with E-state index in [9.17, 15) is 25.0 Å². The van der Waals surface area contributed by atoms with Crippen LogP contribution in [0.2, 0.25) is 0 Å². The first-order chi connectivity index (χ1) is 15.3. The summed E-state index contributed by atoms with van der Waals surface area (Å²) in [6.45, 7) is 0. The molecule has 1 heterocycles. The van der Waals surface area contributed by atoms with E-state index in [1.165, 1.54) is 30.7 Å². The van der Waals surface area contributed by atoms with Gasteiger partial charge in [-0.3, -0.25) is 25.0 Å². The van der Waals surface area contributed by atoms with Crippen molar-refractivity contribution in [3.63, 3.8) is 0 Å². The zero-order valence-corrected chi connectivity index (χ0v) is 18.6. The maximum atomic E-state index is 11.9. The van der Waals surface area contributed by atoms with Crippen LogP contribution in [0.4, 0.5) is 11.4 Å². The van der Waals surface area contributed by atoms with Gasteiger partial charge in [0.05, 0.1) is 38.6 Å². The largest absolute Gasteiger partial charge is 0.493 e. The second-order valence-electron chi connectivity index (χ2n) is 5.98. The molecule has 0 aliphatic carbocycles. The number of nitro benzene ring substituents is 2. The Hall–Kier alpha value is -3.84. The van der Waals surface area contributed by atoms with Gasteiger partial charge in [0.1, 0.15) is 0 Å². The molecule has 2 aromatic carbocycles. The molecule has 32 heavy (non-hydrogen) atoms. The Morgan fingerprint density at radius 1 is 1.16 bits per heavy atom. The van der Waals surface area contributed by atoms with Crippen LogP contribution >= 0.6 is 27.3 Å². The molecule has 1 amide bonds. The van der Waals surface area contributed by atoms with Gasteiger partial charge in [-0.2, -0.15) is 5.10 Å². The molecule has 3 aromatic rings. The van der Waals surface area contributed by atoms with Crippen LogP contribution in [0.1, 0.15) is 15.2 Å². The van der Waals surface area contributed by atoms with Crippen molar-refractivity contribution in [2.75, 3.05) is 7.11 Å². The molecule has 0 bridgehead atoms. The van der Waals surface area contributed by atoms with Gasteiger partial charge in [0.25, 0.3) is 11.6 Å². The average Bonchev–Trinajstić information content (AvgIpc) is 3.30. The number of nitrogens with zero attached hydrogens (tertiary/aromatic N) is 3. The highest BCUT2D eigenvalue weighted by atomic mass is 79.9. The molecule has 0 fully saturated rings. The standard InChI is InChI=1S/C19H13BrN4O7S/c1-30-16-8-11(10-21-22-19(25)17-3-2-6-32-17)7-13(20)18(16)31-15-5-4-12(23(26)27)9-14(15)24(28)29/h2-10H,1H3,(H,22,25)/b21-10-. The highest BCUT2D eigenvalue weighted by Gasteiger charge is 2.23. The van der Waals surface area contributed by atoms with Crippen molar-refractivity contribution in [3.8, 4) is 17.2 Å². The SMILES string of the molecule is COc1cc(/C=N\NC(=O)c2cccs2)cc(Br)c1Oc1ccc([N+](=O)[O-])cc1[N+](=O)[O-]. The number of hydrogen-bond acceptors (Lipinski definition) is 9. The first-order valence-corrected chi connectivity index (χ1v) is 10.3. The number of carbonyl (C=O) groups is 1. The highest BCUT2D eigenvalue weighted by molar-refractivity contribution is 9.10. The smallest absolute Gasteiger partial charge is 0.318 e. The topological polar surface area (TPSA) is 146 Å². The van der Waals surface area contributed by atoms with Crippen LogP contribution in [0.25, 0.3) is 0 Å². The van der Waals surface area contributed by atoms with E-state index in [0.717, 1.165) is 18.2 Å². The van der Waals surface area contributed by atoms with Gasteiger partial charge in [-0.05, 0) is 51.1 Å². The fourth-order valence-corrected chi connectivity index (χ4v) is 3.65. The number of ether oxygens (including phenoxy) is 2. The number of halogens is 1. The average molecular weight is 521 g/mol. The number of benzene rings is 2. The van der Waals surface area contributed by atoms with Crippen LogP contribution in [-0.2, 0) is 0 Å². The van der Waals surface area contributed by atoms with Crippen molar-refractivity contribution in [2.24, 2.45) is 5.10 Å². The fraction of sp³-hybridized carbons (Fsp3) is 0.0526. The molecule has 0 radical (unpaired) electrons. The molecule has 164 valence electrons. The number of nitro groups is 2. The molecule has 3 rings (SSSR count). The zero-order valence-electron chi connectivity index (χ0n) is 16.2. The molecular formula is C19H13BrN4O7S. The van der Waals surface area contributed by atoms with E-state index in [1.54, 1.807) is 23.6 Å². The van der Waals surface area contributed by atoms with Gasteiger partial charge in [-0.15, -0.1) is 11.3 Å². The summed E-state index contributed by atoms with van der Waals surface area (Å²) in [6.07, 6.45) is 1.39. The molecule has 0 aliphatic heterocycles. The lowest BCUT2D eigenvalue weighted by Gasteiger charge is -2.13. The Morgan fingerprint density at radius 2 is 1.94 bits per heavy atom. The predicted molar refractivity (Wildman–Crippen MR) is 120 cm³/mol. The van der Waals surface area contributed by atoms with Crippen molar-refractivity contribution in [2.45, 2.75) is 0 Å². The van der Waals surface area contributed by atoms with Crippen LogP contribution in [0.3, 0.4) is 0 Å². The van der Waals surface area contributed by atoms with Crippen LogP contribution in [-0.4, -0.2) is 29.1 Å². The third-order valence-corrected chi connectivity index (χ3v) is 5.40. The molecule has 0 saturated carbocycles. The van der Waals surface area contributed by atoms with E-state index in [4.69, 9.17) is 9.47 Å². The van der Waals surface area contributed by atoms with Crippen LogP contribution in [0, 0.1) is 20.2 Å².